The predicted octanol–water partition coefficient (Wildman–Crippen LogP) is 1.59. The number of nitrogens with zero attached hydrogens (tertiary/aromatic N) is 3. The molecular weight excluding hydrogens is 202 g/mol. The third-order valence-corrected chi connectivity index (χ3v) is 2.81. The number of rotatable bonds is 2. The van der Waals surface area contributed by atoms with Crippen molar-refractivity contribution in [3.8, 4) is 5.75 Å². The highest BCUT2D eigenvalue weighted by Crippen LogP contribution is 2.29. The third-order valence-electron chi connectivity index (χ3n) is 2.81. The Kier molecular flexibility index (Phi) is 2.13. The van der Waals surface area contributed by atoms with Crippen molar-refractivity contribution in [1.82, 2.24) is 14.8 Å². The SMILES string of the molecule is Cc1ccc2c(c1)CC(Cn1cncn1)O2. The Labute approximate surface area is 93.9 Å². The van der Waals surface area contributed by atoms with E-state index in [-0.39, 0.29) is 6.10 Å². The van der Waals surface area contributed by atoms with Gasteiger partial charge in [0.15, 0.2) is 0 Å². The van der Waals surface area contributed by atoms with Crippen LogP contribution in [0.15, 0.2) is 30.9 Å². The topological polar surface area (TPSA) is 39.9 Å². The lowest BCUT2D eigenvalue weighted by Gasteiger charge is -2.09. The standard InChI is InChI=1S/C12H13N3O/c1-9-2-3-12-10(4-9)5-11(16-12)6-15-8-13-7-14-15/h2-4,7-8,11H,5-6H2,1H3. The number of fused-ring (bicyclic) bond motifs is 1. The average molecular weight is 215 g/mol. The number of aromatic nitrogens is 3. The van der Waals surface area contributed by atoms with Gasteiger partial charge >= 0.3 is 0 Å². The highest BCUT2D eigenvalue weighted by molar-refractivity contribution is 5.40. The molecule has 0 saturated carbocycles. The molecule has 1 aromatic carbocycles. The van der Waals surface area contributed by atoms with Crippen molar-refractivity contribution in [1.29, 1.82) is 0 Å². The first-order chi connectivity index (χ1) is 7.81. The van der Waals surface area contributed by atoms with Gasteiger partial charge in [-0.25, -0.2) is 9.67 Å². The van der Waals surface area contributed by atoms with Gasteiger partial charge in [-0.05, 0) is 18.6 Å². The van der Waals surface area contributed by atoms with E-state index in [1.54, 1.807) is 12.7 Å². The van der Waals surface area contributed by atoms with E-state index in [9.17, 15) is 0 Å². The van der Waals surface area contributed by atoms with Gasteiger partial charge in [0.25, 0.3) is 0 Å². The Morgan fingerprint density at radius 3 is 3.25 bits per heavy atom. The minimum absolute atomic E-state index is 0.179. The van der Waals surface area contributed by atoms with Crippen LogP contribution >= 0.6 is 0 Å². The van der Waals surface area contributed by atoms with Crippen molar-refractivity contribution >= 4 is 0 Å². The van der Waals surface area contributed by atoms with Crippen molar-refractivity contribution in [3.63, 3.8) is 0 Å². The molecule has 0 radical (unpaired) electrons. The second kappa shape index (κ2) is 3.63. The summed E-state index contributed by atoms with van der Waals surface area (Å²) in [7, 11) is 0. The molecule has 1 atom stereocenters. The first kappa shape index (κ1) is 9.39. The molecule has 16 heavy (non-hydrogen) atoms. The van der Waals surface area contributed by atoms with Crippen LogP contribution in [-0.2, 0) is 13.0 Å². The maximum Gasteiger partial charge on any atom is 0.137 e. The summed E-state index contributed by atoms with van der Waals surface area (Å²) in [6.07, 6.45) is 4.40. The number of hydrogen-bond acceptors (Lipinski definition) is 3. The van der Waals surface area contributed by atoms with E-state index in [2.05, 4.69) is 29.1 Å². The molecule has 2 aromatic rings. The number of aryl methyl sites for hydroxylation is 1. The van der Waals surface area contributed by atoms with E-state index in [0.29, 0.717) is 0 Å². The number of ether oxygens (including phenoxy) is 1. The van der Waals surface area contributed by atoms with E-state index in [0.717, 1.165) is 18.7 Å². The zero-order valence-electron chi connectivity index (χ0n) is 9.13. The van der Waals surface area contributed by atoms with Gasteiger partial charge in [0.2, 0.25) is 0 Å². The fourth-order valence-electron chi connectivity index (χ4n) is 2.09. The molecule has 0 bridgehead atoms. The van der Waals surface area contributed by atoms with Crippen molar-refractivity contribution in [3.05, 3.63) is 42.0 Å². The lowest BCUT2D eigenvalue weighted by atomic mass is 10.1. The van der Waals surface area contributed by atoms with Gasteiger partial charge < -0.3 is 4.74 Å². The molecule has 3 rings (SSSR count). The number of benzene rings is 1. The summed E-state index contributed by atoms with van der Waals surface area (Å²) in [5.74, 6) is 1.01. The molecule has 0 amide bonds. The summed E-state index contributed by atoms with van der Waals surface area (Å²) in [5.41, 5.74) is 2.58. The molecule has 4 heteroatoms. The van der Waals surface area contributed by atoms with Crippen molar-refractivity contribution in [2.24, 2.45) is 0 Å². The largest absolute Gasteiger partial charge is 0.488 e. The summed E-state index contributed by atoms with van der Waals surface area (Å²) < 4.78 is 7.66. The molecule has 1 aromatic heterocycles. The van der Waals surface area contributed by atoms with Crippen molar-refractivity contribution < 1.29 is 4.74 Å². The van der Waals surface area contributed by atoms with E-state index in [4.69, 9.17) is 4.74 Å². The van der Waals surface area contributed by atoms with Crippen LogP contribution in [0.5, 0.6) is 5.75 Å². The Morgan fingerprint density at radius 2 is 2.44 bits per heavy atom. The van der Waals surface area contributed by atoms with Crippen LogP contribution in [0.2, 0.25) is 0 Å². The minimum atomic E-state index is 0.179. The summed E-state index contributed by atoms with van der Waals surface area (Å²) >= 11 is 0. The molecular formula is C12H13N3O. The van der Waals surface area contributed by atoms with Crippen LogP contribution in [0.3, 0.4) is 0 Å². The Balaban J connectivity index is 1.75. The second-order valence-electron chi connectivity index (χ2n) is 4.17. The van der Waals surface area contributed by atoms with Crippen molar-refractivity contribution in [2.75, 3.05) is 0 Å². The predicted molar refractivity (Wildman–Crippen MR) is 59.3 cm³/mol. The fourth-order valence-corrected chi connectivity index (χ4v) is 2.09. The fraction of sp³-hybridized carbons (Fsp3) is 0.333. The molecule has 4 nitrogen and oxygen atoms in total. The van der Waals surface area contributed by atoms with E-state index in [1.807, 2.05) is 10.7 Å². The van der Waals surface area contributed by atoms with Crippen molar-refractivity contribution in [2.45, 2.75) is 26.0 Å². The summed E-state index contributed by atoms with van der Waals surface area (Å²) in [6, 6.07) is 6.32. The first-order valence-electron chi connectivity index (χ1n) is 5.40. The second-order valence-corrected chi connectivity index (χ2v) is 4.17. The number of hydrogen-bond donors (Lipinski definition) is 0. The summed E-state index contributed by atoms with van der Waals surface area (Å²) in [4.78, 5) is 3.92. The van der Waals surface area contributed by atoms with E-state index in [1.165, 1.54) is 11.1 Å². The smallest absolute Gasteiger partial charge is 0.137 e. The molecule has 1 unspecified atom stereocenters. The van der Waals surface area contributed by atoms with Crippen LogP contribution in [0, 0.1) is 6.92 Å². The Hall–Kier alpha value is -1.84. The Morgan fingerprint density at radius 1 is 1.50 bits per heavy atom. The van der Waals surface area contributed by atoms with Crippen LogP contribution in [0.4, 0.5) is 0 Å². The van der Waals surface area contributed by atoms with E-state index >= 15 is 0 Å². The van der Waals surface area contributed by atoms with Gasteiger partial charge in [0, 0.05) is 6.42 Å². The molecule has 82 valence electrons. The highest BCUT2D eigenvalue weighted by Gasteiger charge is 2.23. The molecule has 0 aliphatic carbocycles. The summed E-state index contributed by atoms with van der Waals surface area (Å²) in [5, 5.41) is 4.09. The zero-order valence-corrected chi connectivity index (χ0v) is 9.13. The molecule has 2 heterocycles. The van der Waals surface area contributed by atoms with Crippen LogP contribution in [-0.4, -0.2) is 20.9 Å². The lowest BCUT2D eigenvalue weighted by molar-refractivity contribution is 0.203. The lowest BCUT2D eigenvalue weighted by Crippen LogP contribution is -2.20. The maximum atomic E-state index is 5.85. The quantitative estimate of drug-likeness (QED) is 0.763. The molecule has 0 fully saturated rings. The zero-order chi connectivity index (χ0) is 11.0. The first-order valence-corrected chi connectivity index (χ1v) is 5.40. The minimum Gasteiger partial charge on any atom is -0.488 e. The third kappa shape index (κ3) is 1.66. The maximum absolute atomic E-state index is 5.85. The van der Waals surface area contributed by atoms with Gasteiger partial charge in [-0.15, -0.1) is 0 Å². The monoisotopic (exact) mass is 215 g/mol. The average Bonchev–Trinajstić information content (AvgIpc) is 2.86. The molecule has 0 N–H and O–H groups in total. The van der Waals surface area contributed by atoms with Crippen LogP contribution in [0.1, 0.15) is 11.1 Å². The van der Waals surface area contributed by atoms with Gasteiger partial charge in [0.05, 0.1) is 6.54 Å². The van der Waals surface area contributed by atoms with Crippen LogP contribution < -0.4 is 4.74 Å². The molecule has 0 spiro atoms. The normalized spacial score (nSPS) is 18.2. The molecule has 0 saturated heterocycles. The molecule has 1 aliphatic heterocycles. The van der Waals surface area contributed by atoms with Gasteiger partial charge in [-0.2, -0.15) is 5.10 Å². The van der Waals surface area contributed by atoms with Crippen LogP contribution in [0.25, 0.3) is 0 Å². The molecule has 1 aliphatic rings. The van der Waals surface area contributed by atoms with Gasteiger partial charge in [-0.1, -0.05) is 17.7 Å². The summed E-state index contributed by atoms with van der Waals surface area (Å²) in [6.45, 7) is 2.86. The van der Waals surface area contributed by atoms with E-state index < -0.39 is 0 Å². The Bertz CT molecular complexity index is 493. The van der Waals surface area contributed by atoms with Gasteiger partial charge in [0.1, 0.15) is 24.5 Å². The van der Waals surface area contributed by atoms with Gasteiger partial charge in [-0.3, -0.25) is 0 Å². The highest BCUT2D eigenvalue weighted by atomic mass is 16.5.